The lowest BCUT2D eigenvalue weighted by Crippen LogP contribution is -2.49. The summed E-state index contributed by atoms with van der Waals surface area (Å²) in [7, 11) is 0. The smallest absolute Gasteiger partial charge is 0.224 e. The van der Waals surface area contributed by atoms with Gasteiger partial charge < -0.3 is 20.0 Å². The molecule has 0 saturated carbocycles. The minimum absolute atomic E-state index is 0.239. The van der Waals surface area contributed by atoms with Gasteiger partial charge in [-0.05, 0) is 56.7 Å². The van der Waals surface area contributed by atoms with Gasteiger partial charge in [0.2, 0.25) is 5.91 Å². The van der Waals surface area contributed by atoms with Crippen molar-refractivity contribution in [1.29, 1.82) is 0 Å². The van der Waals surface area contributed by atoms with E-state index in [1.165, 1.54) is 16.9 Å². The number of anilines is 3. The second-order valence-corrected chi connectivity index (χ2v) is 7.55. The van der Waals surface area contributed by atoms with Gasteiger partial charge in [-0.3, -0.25) is 4.79 Å². The minimum Gasteiger partial charge on any atom is -0.384 e. The van der Waals surface area contributed by atoms with E-state index in [0.717, 1.165) is 45.0 Å². The maximum absolute atomic E-state index is 12.6. The fourth-order valence-electron chi connectivity index (χ4n) is 3.95. The molecule has 0 radical (unpaired) electrons. The molecule has 0 unspecified atom stereocenters. The van der Waals surface area contributed by atoms with Crippen molar-refractivity contribution < 1.29 is 4.79 Å². The summed E-state index contributed by atoms with van der Waals surface area (Å²) >= 11 is 0. The lowest BCUT2D eigenvalue weighted by Gasteiger charge is -2.36. The van der Waals surface area contributed by atoms with E-state index in [9.17, 15) is 4.79 Å². The Morgan fingerprint density at radius 2 is 1.69 bits per heavy atom. The van der Waals surface area contributed by atoms with Crippen LogP contribution in [0.25, 0.3) is 0 Å². The molecule has 0 atom stereocenters. The molecule has 1 aliphatic heterocycles. The molecule has 1 aliphatic rings. The van der Waals surface area contributed by atoms with E-state index < -0.39 is 0 Å². The van der Waals surface area contributed by atoms with Crippen molar-refractivity contribution in [2.75, 3.05) is 60.9 Å². The Hall–Kier alpha value is -2.69. The van der Waals surface area contributed by atoms with E-state index >= 15 is 0 Å². The first-order chi connectivity index (χ1) is 14.1. The second kappa shape index (κ2) is 10.2. The lowest BCUT2D eigenvalue weighted by atomic mass is 10.1. The van der Waals surface area contributed by atoms with Crippen LogP contribution in [0.2, 0.25) is 0 Å². The fraction of sp³-hybridized carbons (Fsp3) is 0.458. The quantitative estimate of drug-likeness (QED) is 0.735. The van der Waals surface area contributed by atoms with Gasteiger partial charge in [-0.15, -0.1) is 0 Å². The normalized spacial score (nSPS) is 14.0. The number of piperazine rings is 1. The molecule has 2 aromatic carbocycles. The van der Waals surface area contributed by atoms with Gasteiger partial charge in [0, 0.05) is 69.3 Å². The molecule has 156 valence electrons. The standard InChI is InChI=1S/C24H34N4O/c1-4-26(5-2)22-11-12-23(20(3)19-22)25-14-13-24(29)28-17-15-27(16-18-28)21-9-7-6-8-10-21/h6-12,19,25H,4-5,13-18H2,1-3H3. The number of rotatable bonds is 8. The van der Waals surface area contributed by atoms with Crippen molar-refractivity contribution in [3.8, 4) is 0 Å². The Bertz CT molecular complexity index is 781. The van der Waals surface area contributed by atoms with E-state index in [0.29, 0.717) is 13.0 Å². The van der Waals surface area contributed by atoms with Crippen LogP contribution in [0, 0.1) is 6.92 Å². The maximum Gasteiger partial charge on any atom is 0.224 e. The molecule has 1 heterocycles. The Labute approximate surface area is 175 Å². The highest BCUT2D eigenvalue weighted by atomic mass is 16.2. The predicted molar refractivity (Wildman–Crippen MR) is 123 cm³/mol. The van der Waals surface area contributed by atoms with E-state index in [1.807, 2.05) is 11.0 Å². The summed E-state index contributed by atoms with van der Waals surface area (Å²) in [5, 5.41) is 3.44. The zero-order chi connectivity index (χ0) is 20.6. The monoisotopic (exact) mass is 394 g/mol. The molecular formula is C24H34N4O. The van der Waals surface area contributed by atoms with Gasteiger partial charge >= 0.3 is 0 Å². The van der Waals surface area contributed by atoms with Crippen LogP contribution in [0.3, 0.4) is 0 Å². The van der Waals surface area contributed by atoms with Gasteiger partial charge in [0.1, 0.15) is 0 Å². The van der Waals surface area contributed by atoms with Gasteiger partial charge in [0.25, 0.3) is 0 Å². The molecular weight excluding hydrogens is 360 g/mol. The van der Waals surface area contributed by atoms with Crippen LogP contribution in [0.1, 0.15) is 25.8 Å². The Balaban J connectivity index is 1.44. The number of hydrogen-bond donors (Lipinski definition) is 1. The number of carbonyl (C=O) groups excluding carboxylic acids is 1. The molecule has 1 saturated heterocycles. The first kappa shape index (κ1) is 21.0. The Morgan fingerprint density at radius 1 is 1.00 bits per heavy atom. The van der Waals surface area contributed by atoms with E-state index in [4.69, 9.17) is 0 Å². The maximum atomic E-state index is 12.6. The van der Waals surface area contributed by atoms with Crippen LogP contribution >= 0.6 is 0 Å². The summed E-state index contributed by atoms with van der Waals surface area (Å²) in [5.41, 5.74) is 4.83. The molecule has 2 aromatic rings. The highest BCUT2D eigenvalue weighted by Gasteiger charge is 2.20. The van der Waals surface area contributed by atoms with Crippen LogP contribution in [0.15, 0.2) is 48.5 Å². The number of carbonyl (C=O) groups is 1. The molecule has 5 heteroatoms. The number of benzene rings is 2. The minimum atomic E-state index is 0.239. The summed E-state index contributed by atoms with van der Waals surface area (Å²) in [5.74, 6) is 0.239. The molecule has 0 aromatic heterocycles. The zero-order valence-corrected chi connectivity index (χ0v) is 18.0. The van der Waals surface area contributed by atoms with Crippen molar-refractivity contribution in [3.63, 3.8) is 0 Å². The number of aryl methyl sites for hydroxylation is 1. The molecule has 1 amide bonds. The summed E-state index contributed by atoms with van der Waals surface area (Å²) in [4.78, 5) is 19.3. The van der Waals surface area contributed by atoms with Crippen molar-refractivity contribution >= 4 is 23.0 Å². The molecule has 1 fully saturated rings. The van der Waals surface area contributed by atoms with Gasteiger partial charge in [-0.25, -0.2) is 0 Å². The molecule has 0 bridgehead atoms. The van der Waals surface area contributed by atoms with Crippen molar-refractivity contribution in [2.45, 2.75) is 27.2 Å². The summed E-state index contributed by atoms with van der Waals surface area (Å²) in [6, 6.07) is 16.9. The van der Waals surface area contributed by atoms with Crippen LogP contribution in [-0.4, -0.2) is 56.6 Å². The molecule has 5 nitrogen and oxygen atoms in total. The number of para-hydroxylation sites is 1. The van der Waals surface area contributed by atoms with E-state index in [1.54, 1.807) is 0 Å². The summed E-state index contributed by atoms with van der Waals surface area (Å²) in [6.07, 6.45) is 0.530. The number of amides is 1. The van der Waals surface area contributed by atoms with Gasteiger partial charge in [0.05, 0.1) is 0 Å². The first-order valence-electron chi connectivity index (χ1n) is 10.8. The molecule has 3 rings (SSSR count). The Morgan fingerprint density at radius 3 is 2.31 bits per heavy atom. The summed E-state index contributed by atoms with van der Waals surface area (Å²) < 4.78 is 0. The fourth-order valence-corrected chi connectivity index (χ4v) is 3.95. The first-order valence-corrected chi connectivity index (χ1v) is 10.8. The van der Waals surface area contributed by atoms with Crippen LogP contribution in [0.5, 0.6) is 0 Å². The number of nitrogens with one attached hydrogen (secondary N) is 1. The molecule has 1 N–H and O–H groups in total. The third-order valence-corrected chi connectivity index (χ3v) is 5.75. The van der Waals surface area contributed by atoms with Gasteiger partial charge in [-0.2, -0.15) is 0 Å². The Kier molecular flexibility index (Phi) is 7.39. The third kappa shape index (κ3) is 5.43. The average Bonchev–Trinajstić information content (AvgIpc) is 2.76. The van der Waals surface area contributed by atoms with Crippen LogP contribution in [0.4, 0.5) is 17.1 Å². The third-order valence-electron chi connectivity index (χ3n) is 5.75. The largest absolute Gasteiger partial charge is 0.384 e. The average molecular weight is 395 g/mol. The SMILES string of the molecule is CCN(CC)c1ccc(NCCC(=O)N2CCN(c3ccccc3)CC2)c(C)c1. The topological polar surface area (TPSA) is 38.8 Å². The van der Waals surface area contributed by atoms with Crippen LogP contribution in [-0.2, 0) is 4.79 Å². The van der Waals surface area contributed by atoms with Crippen molar-refractivity contribution in [2.24, 2.45) is 0 Å². The van der Waals surface area contributed by atoms with Crippen molar-refractivity contribution in [3.05, 3.63) is 54.1 Å². The number of nitrogens with zero attached hydrogens (tertiary/aromatic N) is 3. The molecule has 0 aliphatic carbocycles. The predicted octanol–water partition coefficient (Wildman–Crippen LogP) is 3.99. The highest BCUT2D eigenvalue weighted by molar-refractivity contribution is 5.77. The van der Waals surface area contributed by atoms with Gasteiger partial charge in [-0.1, -0.05) is 18.2 Å². The molecule has 0 spiro atoms. The number of hydrogen-bond acceptors (Lipinski definition) is 4. The second-order valence-electron chi connectivity index (χ2n) is 7.55. The molecule has 29 heavy (non-hydrogen) atoms. The van der Waals surface area contributed by atoms with Crippen LogP contribution < -0.4 is 15.1 Å². The van der Waals surface area contributed by atoms with E-state index in [2.05, 4.69) is 78.4 Å². The highest BCUT2D eigenvalue weighted by Crippen LogP contribution is 2.23. The van der Waals surface area contributed by atoms with E-state index in [-0.39, 0.29) is 5.91 Å². The van der Waals surface area contributed by atoms with Gasteiger partial charge in [0.15, 0.2) is 0 Å². The lowest BCUT2D eigenvalue weighted by molar-refractivity contribution is -0.131. The van der Waals surface area contributed by atoms with Crippen molar-refractivity contribution in [1.82, 2.24) is 4.90 Å². The zero-order valence-electron chi connectivity index (χ0n) is 18.0. The summed E-state index contributed by atoms with van der Waals surface area (Å²) in [6.45, 7) is 12.6.